The van der Waals surface area contributed by atoms with Crippen molar-refractivity contribution in [1.82, 2.24) is 9.88 Å². The lowest BCUT2D eigenvalue weighted by Gasteiger charge is -2.53. The van der Waals surface area contributed by atoms with E-state index in [0.29, 0.717) is 10.0 Å². The van der Waals surface area contributed by atoms with Crippen molar-refractivity contribution >= 4 is 50.4 Å². The molecule has 1 N–H and O–H groups in total. The number of halogens is 1. The fraction of sp³-hybridized carbons (Fsp3) is 0.630. The van der Waals surface area contributed by atoms with E-state index in [4.69, 9.17) is 16.6 Å². The third kappa shape index (κ3) is 5.23. The van der Waals surface area contributed by atoms with Gasteiger partial charge in [-0.15, -0.1) is 11.3 Å². The lowest BCUT2D eigenvalue weighted by atomic mass is 9.53. The van der Waals surface area contributed by atoms with Gasteiger partial charge in [-0.2, -0.15) is 11.8 Å². The maximum Gasteiger partial charge on any atom is 0.225 e. The van der Waals surface area contributed by atoms with Gasteiger partial charge in [-0.05, 0) is 60.8 Å². The maximum atomic E-state index is 13.3. The number of aromatic nitrogens is 1. The van der Waals surface area contributed by atoms with Gasteiger partial charge in [0.25, 0.3) is 0 Å². The number of carbonyl (C=O) groups is 1. The second-order valence-electron chi connectivity index (χ2n) is 11.2. The number of aliphatic hydroxyl groups excluding tert-OH is 1. The summed E-state index contributed by atoms with van der Waals surface area (Å²) in [6.07, 6.45) is 1.95. The first-order chi connectivity index (χ1) is 17.5. The highest BCUT2D eigenvalue weighted by Crippen LogP contribution is 2.57. The third-order valence-corrected chi connectivity index (χ3v) is 12.9. The molecule has 1 amide bonds. The Morgan fingerprint density at radius 2 is 1.95 bits per heavy atom. The van der Waals surface area contributed by atoms with E-state index >= 15 is 0 Å². The summed E-state index contributed by atoms with van der Waals surface area (Å²) in [6, 6.07) is 6.24. The summed E-state index contributed by atoms with van der Waals surface area (Å²) in [6.45, 7) is 7.92. The standard InChI is InChI=1S/C27H35ClN2O4S3/c1-16(26(32)30-10-12-35-13-11-30)20-8-9-27(3)14-21-24(17(2)23(27)25(20)31)29-22(36-21)15-37(33,34)19-6-4-18(28)5-7-19/h4-7,16-17,20,23,25,31H,8-15H2,1-3H3/t16-,17-,20?,23+,25-,27-/m0/s1. The first kappa shape index (κ1) is 27.4. The molecule has 1 unspecified atom stereocenters. The Morgan fingerprint density at radius 3 is 2.62 bits per heavy atom. The lowest BCUT2D eigenvalue weighted by molar-refractivity contribution is -0.144. The predicted molar refractivity (Wildman–Crippen MR) is 150 cm³/mol. The zero-order valence-corrected chi connectivity index (χ0v) is 24.7. The molecule has 1 aromatic carbocycles. The number of aliphatic hydroxyl groups is 1. The predicted octanol–water partition coefficient (Wildman–Crippen LogP) is 5.03. The Bertz CT molecular complexity index is 1260. The molecule has 0 radical (unpaired) electrons. The van der Waals surface area contributed by atoms with E-state index in [9.17, 15) is 18.3 Å². The normalized spacial score (nSPS) is 30.9. The molecule has 3 aliphatic rings. The molecule has 37 heavy (non-hydrogen) atoms. The van der Waals surface area contributed by atoms with E-state index in [2.05, 4.69) is 13.8 Å². The highest BCUT2D eigenvalue weighted by atomic mass is 35.5. The maximum absolute atomic E-state index is 13.3. The third-order valence-electron chi connectivity index (χ3n) is 8.81. The first-order valence-electron chi connectivity index (χ1n) is 13.0. The highest BCUT2D eigenvalue weighted by Gasteiger charge is 2.54. The SMILES string of the molecule is C[C@H](C(=O)N1CCSCC1)C1CC[C@@]2(C)Cc3sc(CS(=O)(=O)c4ccc(Cl)cc4)nc3[C@@H](C)[C@@H]2[C@H]1O. The van der Waals surface area contributed by atoms with Crippen LogP contribution in [0.2, 0.25) is 5.02 Å². The Labute approximate surface area is 233 Å². The van der Waals surface area contributed by atoms with Gasteiger partial charge >= 0.3 is 0 Å². The molecule has 6 atom stereocenters. The van der Waals surface area contributed by atoms with Gasteiger partial charge in [-0.1, -0.05) is 32.4 Å². The van der Waals surface area contributed by atoms with Gasteiger partial charge in [0.15, 0.2) is 9.84 Å². The molecule has 6 nitrogen and oxygen atoms in total. The Kier molecular flexibility index (Phi) is 7.75. The van der Waals surface area contributed by atoms with Crippen molar-refractivity contribution in [2.24, 2.45) is 23.2 Å². The molecule has 1 aromatic heterocycles. The second kappa shape index (κ2) is 10.5. The number of thiazole rings is 1. The summed E-state index contributed by atoms with van der Waals surface area (Å²) in [5, 5.41) is 12.8. The summed E-state index contributed by atoms with van der Waals surface area (Å²) in [4.78, 5) is 21.4. The number of thioether (sulfide) groups is 1. The minimum absolute atomic E-state index is 0.0107. The zero-order valence-electron chi connectivity index (χ0n) is 21.5. The molecule has 2 heterocycles. The quantitative estimate of drug-likeness (QED) is 0.532. The van der Waals surface area contributed by atoms with Crippen LogP contribution in [0.25, 0.3) is 0 Å². The first-order valence-corrected chi connectivity index (χ1v) is 17.0. The molecular formula is C27H35ClN2O4S3. The van der Waals surface area contributed by atoms with E-state index in [0.717, 1.165) is 54.4 Å². The van der Waals surface area contributed by atoms with Crippen molar-refractivity contribution in [2.75, 3.05) is 24.6 Å². The summed E-state index contributed by atoms with van der Waals surface area (Å²) >= 11 is 9.30. The molecule has 202 valence electrons. The summed E-state index contributed by atoms with van der Waals surface area (Å²) in [7, 11) is -3.54. The second-order valence-corrected chi connectivity index (χ2v) is 16.0. The summed E-state index contributed by atoms with van der Waals surface area (Å²) in [5.41, 5.74) is 0.812. The van der Waals surface area contributed by atoms with Crippen LogP contribution in [-0.4, -0.2) is 60.0 Å². The Hall–Kier alpha value is -1.13. The van der Waals surface area contributed by atoms with E-state index < -0.39 is 15.9 Å². The van der Waals surface area contributed by atoms with Gasteiger partial charge < -0.3 is 10.0 Å². The van der Waals surface area contributed by atoms with Crippen LogP contribution in [0.3, 0.4) is 0 Å². The number of sulfone groups is 1. The number of rotatable bonds is 5. The molecule has 5 rings (SSSR count). The number of hydrogen-bond donors (Lipinski definition) is 1. The minimum atomic E-state index is -3.54. The van der Waals surface area contributed by atoms with E-state index in [-0.39, 0.29) is 45.6 Å². The Balaban J connectivity index is 1.36. The van der Waals surface area contributed by atoms with Gasteiger partial charge in [-0.25, -0.2) is 13.4 Å². The van der Waals surface area contributed by atoms with Crippen molar-refractivity contribution < 1.29 is 18.3 Å². The molecule has 0 bridgehead atoms. The number of fused-ring (bicyclic) bond motifs is 2. The van der Waals surface area contributed by atoms with Crippen LogP contribution in [0, 0.1) is 23.2 Å². The summed E-state index contributed by atoms with van der Waals surface area (Å²) < 4.78 is 26.1. The van der Waals surface area contributed by atoms with Crippen molar-refractivity contribution in [3.8, 4) is 0 Å². The molecule has 10 heteroatoms. The minimum Gasteiger partial charge on any atom is -0.392 e. The monoisotopic (exact) mass is 582 g/mol. The van der Waals surface area contributed by atoms with Crippen molar-refractivity contribution in [2.45, 2.75) is 62.7 Å². The van der Waals surface area contributed by atoms with Gasteiger partial charge in [0.1, 0.15) is 10.8 Å². The number of hydrogen-bond acceptors (Lipinski definition) is 7. The van der Waals surface area contributed by atoms with Crippen LogP contribution in [0.4, 0.5) is 0 Å². The highest BCUT2D eigenvalue weighted by molar-refractivity contribution is 7.99. The van der Waals surface area contributed by atoms with E-state index in [1.54, 1.807) is 12.1 Å². The molecule has 1 aliphatic heterocycles. The molecule has 1 saturated heterocycles. The molecular weight excluding hydrogens is 548 g/mol. The number of amides is 1. The van der Waals surface area contributed by atoms with Gasteiger partial charge in [0.05, 0.1) is 16.7 Å². The average molecular weight is 583 g/mol. The molecule has 2 aliphatic carbocycles. The van der Waals surface area contributed by atoms with Crippen molar-refractivity contribution in [1.29, 1.82) is 0 Å². The van der Waals surface area contributed by atoms with Crippen molar-refractivity contribution in [3.63, 3.8) is 0 Å². The summed E-state index contributed by atoms with van der Waals surface area (Å²) in [5.74, 6) is 1.65. The van der Waals surface area contributed by atoms with Crippen LogP contribution >= 0.6 is 34.7 Å². The van der Waals surface area contributed by atoms with E-state index in [1.807, 2.05) is 23.6 Å². The fourth-order valence-corrected chi connectivity index (χ4v) is 10.8. The molecule has 0 spiro atoms. The van der Waals surface area contributed by atoms with Crippen LogP contribution in [0.15, 0.2) is 29.2 Å². The number of carbonyl (C=O) groups excluding carboxylic acids is 1. The fourth-order valence-electron chi connectivity index (χ4n) is 6.80. The van der Waals surface area contributed by atoms with Gasteiger partial charge in [0.2, 0.25) is 5.91 Å². The van der Waals surface area contributed by atoms with Crippen molar-refractivity contribution in [3.05, 3.63) is 44.9 Å². The van der Waals surface area contributed by atoms with Crippen LogP contribution in [0.1, 0.15) is 55.1 Å². The van der Waals surface area contributed by atoms with E-state index in [1.165, 1.54) is 23.5 Å². The smallest absolute Gasteiger partial charge is 0.225 e. The number of nitrogens with zero attached hydrogens (tertiary/aromatic N) is 2. The van der Waals surface area contributed by atoms with Crippen LogP contribution < -0.4 is 0 Å². The Morgan fingerprint density at radius 1 is 1.27 bits per heavy atom. The van der Waals surface area contributed by atoms with Crippen LogP contribution in [0.5, 0.6) is 0 Å². The zero-order chi connectivity index (χ0) is 26.5. The lowest BCUT2D eigenvalue weighted by Crippen LogP contribution is -2.54. The molecule has 2 aromatic rings. The van der Waals surface area contributed by atoms with Gasteiger partial charge in [0, 0.05) is 46.3 Å². The average Bonchev–Trinajstić information content (AvgIpc) is 3.25. The molecule has 2 fully saturated rings. The molecule has 1 saturated carbocycles. The van der Waals surface area contributed by atoms with Crippen LogP contribution in [-0.2, 0) is 26.8 Å². The topological polar surface area (TPSA) is 87.6 Å². The van der Waals surface area contributed by atoms with Gasteiger partial charge in [-0.3, -0.25) is 4.79 Å². The number of benzene rings is 1. The largest absolute Gasteiger partial charge is 0.392 e.